The lowest BCUT2D eigenvalue weighted by atomic mass is 10.2. The van der Waals surface area contributed by atoms with Crippen molar-refractivity contribution in [3.8, 4) is 0 Å². The molecule has 106 valence electrons. The zero-order valence-electron chi connectivity index (χ0n) is 11.4. The van der Waals surface area contributed by atoms with E-state index < -0.39 is 6.04 Å². The number of methoxy groups -OCH3 is 2. The Morgan fingerprint density at radius 3 is 2.33 bits per heavy atom. The van der Waals surface area contributed by atoms with Gasteiger partial charge in [0.05, 0.1) is 18.8 Å². The second-order valence-electron chi connectivity index (χ2n) is 4.46. The molecular formula is C12H24N2O4. The van der Waals surface area contributed by atoms with Crippen LogP contribution in [0.25, 0.3) is 0 Å². The van der Waals surface area contributed by atoms with Crippen molar-refractivity contribution in [3.05, 3.63) is 0 Å². The molecule has 0 aromatic rings. The van der Waals surface area contributed by atoms with Gasteiger partial charge in [0.15, 0.2) is 0 Å². The van der Waals surface area contributed by atoms with Crippen LogP contribution in [0.2, 0.25) is 0 Å². The molecule has 18 heavy (non-hydrogen) atoms. The van der Waals surface area contributed by atoms with Gasteiger partial charge in [-0.05, 0) is 13.3 Å². The van der Waals surface area contributed by atoms with Crippen molar-refractivity contribution in [1.29, 1.82) is 0 Å². The highest BCUT2D eigenvalue weighted by atomic mass is 16.5. The van der Waals surface area contributed by atoms with E-state index in [0.29, 0.717) is 13.0 Å². The standard InChI is InChI=1S/C12H24N2O4/c1-4-18-12(15)9(13)5-6-14-7-10(16-2)11(8-14)17-3/h9-11H,4-8,13H2,1-3H3. The highest BCUT2D eigenvalue weighted by Crippen LogP contribution is 2.16. The van der Waals surface area contributed by atoms with Gasteiger partial charge in [-0.25, -0.2) is 0 Å². The van der Waals surface area contributed by atoms with Gasteiger partial charge < -0.3 is 19.9 Å². The lowest BCUT2D eigenvalue weighted by Gasteiger charge is -2.17. The predicted octanol–water partition coefficient (Wildman–Crippen LogP) is -0.387. The van der Waals surface area contributed by atoms with E-state index in [-0.39, 0.29) is 18.2 Å². The fraction of sp³-hybridized carbons (Fsp3) is 0.917. The summed E-state index contributed by atoms with van der Waals surface area (Å²) in [5, 5.41) is 0. The number of ether oxygens (including phenoxy) is 3. The van der Waals surface area contributed by atoms with Gasteiger partial charge in [-0.15, -0.1) is 0 Å². The molecule has 1 heterocycles. The lowest BCUT2D eigenvalue weighted by molar-refractivity contribution is -0.144. The van der Waals surface area contributed by atoms with E-state index in [9.17, 15) is 4.79 Å². The summed E-state index contributed by atoms with van der Waals surface area (Å²) in [4.78, 5) is 13.6. The lowest BCUT2D eigenvalue weighted by Crippen LogP contribution is -2.36. The molecule has 0 aromatic carbocycles. The molecule has 0 amide bonds. The molecule has 3 unspecified atom stereocenters. The first-order chi connectivity index (χ1) is 8.62. The number of nitrogens with zero attached hydrogens (tertiary/aromatic N) is 1. The summed E-state index contributed by atoms with van der Waals surface area (Å²) in [6, 6.07) is -0.549. The Morgan fingerprint density at radius 1 is 1.33 bits per heavy atom. The Kier molecular flexibility index (Phi) is 6.56. The van der Waals surface area contributed by atoms with Crippen molar-refractivity contribution in [1.82, 2.24) is 4.90 Å². The number of esters is 1. The van der Waals surface area contributed by atoms with Crippen LogP contribution in [0.15, 0.2) is 0 Å². The van der Waals surface area contributed by atoms with Crippen molar-refractivity contribution in [3.63, 3.8) is 0 Å². The summed E-state index contributed by atoms with van der Waals surface area (Å²) < 4.78 is 15.6. The molecule has 0 spiro atoms. The monoisotopic (exact) mass is 260 g/mol. The maximum Gasteiger partial charge on any atom is 0.322 e. The van der Waals surface area contributed by atoms with Crippen LogP contribution in [0.3, 0.4) is 0 Å². The van der Waals surface area contributed by atoms with Crippen molar-refractivity contribution in [2.75, 3.05) is 40.5 Å². The van der Waals surface area contributed by atoms with Crippen molar-refractivity contribution < 1.29 is 19.0 Å². The first-order valence-corrected chi connectivity index (χ1v) is 6.32. The molecular weight excluding hydrogens is 236 g/mol. The van der Waals surface area contributed by atoms with Crippen LogP contribution in [0, 0.1) is 0 Å². The maximum atomic E-state index is 11.4. The quantitative estimate of drug-likeness (QED) is 0.629. The molecule has 6 nitrogen and oxygen atoms in total. The summed E-state index contributed by atoms with van der Waals surface area (Å²) >= 11 is 0. The van der Waals surface area contributed by atoms with Crippen LogP contribution < -0.4 is 5.73 Å². The van der Waals surface area contributed by atoms with Crippen LogP contribution in [-0.2, 0) is 19.0 Å². The Hall–Kier alpha value is -0.690. The van der Waals surface area contributed by atoms with Gasteiger partial charge in [-0.2, -0.15) is 0 Å². The van der Waals surface area contributed by atoms with Crippen molar-refractivity contribution in [2.45, 2.75) is 31.6 Å². The topological polar surface area (TPSA) is 74.0 Å². The van der Waals surface area contributed by atoms with Gasteiger partial charge in [-0.3, -0.25) is 9.69 Å². The molecule has 2 N–H and O–H groups in total. The van der Waals surface area contributed by atoms with E-state index >= 15 is 0 Å². The van der Waals surface area contributed by atoms with Crippen LogP contribution >= 0.6 is 0 Å². The molecule has 0 aliphatic carbocycles. The third-order valence-corrected chi connectivity index (χ3v) is 3.24. The molecule has 0 radical (unpaired) electrons. The van der Waals surface area contributed by atoms with Crippen LogP contribution in [0.1, 0.15) is 13.3 Å². The number of hydrogen-bond acceptors (Lipinski definition) is 6. The van der Waals surface area contributed by atoms with Crippen molar-refractivity contribution in [2.24, 2.45) is 5.73 Å². The van der Waals surface area contributed by atoms with Gasteiger partial charge in [0.25, 0.3) is 0 Å². The Labute approximate surface area is 108 Å². The van der Waals surface area contributed by atoms with Gasteiger partial charge in [-0.1, -0.05) is 0 Å². The normalized spacial score (nSPS) is 26.2. The van der Waals surface area contributed by atoms with Gasteiger partial charge in [0.2, 0.25) is 0 Å². The van der Waals surface area contributed by atoms with Gasteiger partial charge in [0, 0.05) is 33.9 Å². The summed E-state index contributed by atoms with van der Waals surface area (Å²) in [6.45, 7) is 4.51. The summed E-state index contributed by atoms with van der Waals surface area (Å²) in [5.41, 5.74) is 5.75. The minimum absolute atomic E-state index is 0.0915. The van der Waals surface area contributed by atoms with Gasteiger partial charge in [0.1, 0.15) is 6.04 Å². The molecule has 0 saturated carbocycles. The number of nitrogens with two attached hydrogens (primary N) is 1. The number of hydrogen-bond donors (Lipinski definition) is 1. The first-order valence-electron chi connectivity index (χ1n) is 6.32. The van der Waals surface area contributed by atoms with E-state index in [1.165, 1.54) is 0 Å². The molecule has 1 saturated heterocycles. The van der Waals surface area contributed by atoms with Crippen LogP contribution in [0.5, 0.6) is 0 Å². The largest absolute Gasteiger partial charge is 0.465 e. The fourth-order valence-electron chi connectivity index (χ4n) is 2.14. The zero-order valence-corrected chi connectivity index (χ0v) is 11.4. The smallest absolute Gasteiger partial charge is 0.322 e. The molecule has 0 bridgehead atoms. The minimum atomic E-state index is -0.549. The highest BCUT2D eigenvalue weighted by molar-refractivity contribution is 5.75. The van der Waals surface area contributed by atoms with Gasteiger partial charge >= 0.3 is 5.97 Å². The number of rotatable bonds is 7. The number of likely N-dealkylation sites (tertiary alicyclic amines) is 1. The molecule has 1 aliphatic heterocycles. The fourth-order valence-corrected chi connectivity index (χ4v) is 2.14. The highest BCUT2D eigenvalue weighted by Gasteiger charge is 2.33. The van der Waals surface area contributed by atoms with Crippen LogP contribution in [0.4, 0.5) is 0 Å². The molecule has 1 rings (SSSR count). The second-order valence-corrected chi connectivity index (χ2v) is 4.46. The average molecular weight is 260 g/mol. The Bertz CT molecular complexity index is 250. The van der Waals surface area contributed by atoms with E-state index in [1.807, 2.05) is 0 Å². The van der Waals surface area contributed by atoms with Crippen LogP contribution in [-0.4, -0.2) is 69.6 Å². The molecule has 1 fully saturated rings. The summed E-state index contributed by atoms with van der Waals surface area (Å²) in [7, 11) is 3.37. The van der Waals surface area contributed by atoms with E-state index in [1.54, 1.807) is 21.1 Å². The average Bonchev–Trinajstić information content (AvgIpc) is 2.78. The molecule has 0 aromatic heterocycles. The predicted molar refractivity (Wildman–Crippen MR) is 67.3 cm³/mol. The number of carbonyl (C=O) groups is 1. The minimum Gasteiger partial charge on any atom is -0.465 e. The zero-order chi connectivity index (χ0) is 13.5. The Balaban J connectivity index is 2.30. The molecule has 1 aliphatic rings. The SMILES string of the molecule is CCOC(=O)C(N)CCN1CC(OC)C(OC)C1. The molecule has 3 atom stereocenters. The third kappa shape index (κ3) is 4.20. The Morgan fingerprint density at radius 2 is 1.89 bits per heavy atom. The first kappa shape index (κ1) is 15.4. The molecule has 6 heteroatoms. The third-order valence-electron chi connectivity index (χ3n) is 3.24. The maximum absolute atomic E-state index is 11.4. The second kappa shape index (κ2) is 7.68. The van der Waals surface area contributed by atoms with E-state index in [4.69, 9.17) is 19.9 Å². The summed E-state index contributed by atoms with van der Waals surface area (Å²) in [6.07, 6.45) is 0.772. The van der Waals surface area contributed by atoms with E-state index in [0.717, 1.165) is 19.6 Å². The van der Waals surface area contributed by atoms with E-state index in [2.05, 4.69) is 4.90 Å². The summed E-state index contributed by atoms with van der Waals surface area (Å²) in [5.74, 6) is -0.330. The number of carbonyl (C=O) groups excluding carboxylic acids is 1. The van der Waals surface area contributed by atoms with Crippen molar-refractivity contribution >= 4 is 5.97 Å².